The third-order valence-electron chi connectivity index (χ3n) is 5.44. The summed E-state index contributed by atoms with van der Waals surface area (Å²) < 4.78 is 49.0. The minimum Gasteiger partial charge on any atom is -0.492 e. The first-order valence-corrected chi connectivity index (χ1v) is 11.2. The van der Waals surface area contributed by atoms with E-state index in [1.807, 2.05) is 4.90 Å². The van der Waals surface area contributed by atoms with Gasteiger partial charge in [-0.15, -0.1) is 0 Å². The number of anilines is 1. The number of nitrogens with one attached hydrogen (secondary N) is 1. The SMILES string of the molecule is Cn1ncc(Br)c1-c1cc(NC(=O)c2ccc(F)cc2F)ccc1OCCN1CCC(F)C1. The van der Waals surface area contributed by atoms with Crippen LogP contribution in [0.4, 0.5) is 18.9 Å². The van der Waals surface area contributed by atoms with Gasteiger partial charge in [-0.3, -0.25) is 14.4 Å². The Labute approximate surface area is 197 Å². The second-order valence-corrected chi connectivity index (χ2v) is 8.64. The molecule has 0 bridgehead atoms. The molecule has 1 atom stereocenters. The van der Waals surface area contributed by atoms with Crippen molar-refractivity contribution in [3.05, 3.63) is 64.3 Å². The quantitative estimate of drug-likeness (QED) is 0.484. The van der Waals surface area contributed by atoms with E-state index in [1.165, 1.54) is 0 Å². The van der Waals surface area contributed by atoms with Crippen LogP contribution in [0, 0.1) is 11.6 Å². The van der Waals surface area contributed by atoms with Crippen molar-refractivity contribution in [1.82, 2.24) is 14.7 Å². The van der Waals surface area contributed by atoms with Crippen molar-refractivity contribution in [1.29, 1.82) is 0 Å². The van der Waals surface area contributed by atoms with Gasteiger partial charge >= 0.3 is 0 Å². The van der Waals surface area contributed by atoms with Gasteiger partial charge in [0.15, 0.2) is 0 Å². The summed E-state index contributed by atoms with van der Waals surface area (Å²) in [5, 5.41) is 6.88. The summed E-state index contributed by atoms with van der Waals surface area (Å²) in [5.74, 6) is -1.85. The number of amides is 1. The highest BCUT2D eigenvalue weighted by atomic mass is 79.9. The Balaban J connectivity index is 1.56. The largest absolute Gasteiger partial charge is 0.492 e. The zero-order valence-electron chi connectivity index (χ0n) is 17.8. The minimum atomic E-state index is -0.945. The maximum atomic E-state index is 14.0. The maximum absolute atomic E-state index is 14.0. The van der Waals surface area contributed by atoms with E-state index >= 15 is 0 Å². The average molecular weight is 523 g/mol. The van der Waals surface area contributed by atoms with Crippen LogP contribution in [0.3, 0.4) is 0 Å². The van der Waals surface area contributed by atoms with Gasteiger partial charge < -0.3 is 10.1 Å². The first-order valence-electron chi connectivity index (χ1n) is 10.4. The van der Waals surface area contributed by atoms with Gasteiger partial charge in [-0.25, -0.2) is 13.2 Å². The van der Waals surface area contributed by atoms with Gasteiger partial charge in [-0.05, 0) is 52.7 Å². The molecule has 10 heteroatoms. The number of ether oxygens (including phenoxy) is 1. The van der Waals surface area contributed by atoms with Gasteiger partial charge in [-0.1, -0.05) is 0 Å². The smallest absolute Gasteiger partial charge is 0.258 e. The second kappa shape index (κ2) is 9.96. The average Bonchev–Trinajstić information content (AvgIpc) is 3.33. The Bertz CT molecular complexity index is 1150. The van der Waals surface area contributed by atoms with Crippen LogP contribution in [0.25, 0.3) is 11.3 Å². The Morgan fingerprint density at radius 3 is 2.76 bits per heavy atom. The van der Waals surface area contributed by atoms with Crippen molar-refractivity contribution in [2.24, 2.45) is 7.05 Å². The van der Waals surface area contributed by atoms with Gasteiger partial charge in [0.2, 0.25) is 0 Å². The van der Waals surface area contributed by atoms with Crippen LogP contribution in [-0.4, -0.2) is 53.0 Å². The molecule has 33 heavy (non-hydrogen) atoms. The molecule has 0 aliphatic carbocycles. The van der Waals surface area contributed by atoms with Crippen LogP contribution in [0.5, 0.6) is 5.75 Å². The predicted octanol–water partition coefficient (Wildman–Crippen LogP) is 4.80. The third kappa shape index (κ3) is 5.39. The van der Waals surface area contributed by atoms with Crippen molar-refractivity contribution in [2.75, 3.05) is 31.6 Å². The first kappa shape index (κ1) is 23.3. The molecule has 1 N–H and O–H groups in total. The molecule has 0 radical (unpaired) electrons. The number of aryl methyl sites for hydroxylation is 1. The van der Waals surface area contributed by atoms with Crippen molar-refractivity contribution in [2.45, 2.75) is 12.6 Å². The van der Waals surface area contributed by atoms with Crippen molar-refractivity contribution in [3.8, 4) is 17.0 Å². The van der Waals surface area contributed by atoms with Crippen molar-refractivity contribution < 1.29 is 22.7 Å². The lowest BCUT2D eigenvalue weighted by Crippen LogP contribution is -2.26. The molecular formula is C23H22BrF3N4O2. The van der Waals surface area contributed by atoms with Crippen LogP contribution < -0.4 is 10.1 Å². The van der Waals surface area contributed by atoms with E-state index in [0.717, 1.165) is 22.3 Å². The number of hydrogen-bond donors (Lipinski definition) is 1. The minimum absolute atomic E-state index is 0.267. The summed E-state index contributed by atoms with van der Waals surface area (Å²) in [4.78, 5) is 14.6. The topological polar surface area (TPSA) is 59.4 Å². The molecule has 4 rings (SSSR count). The van der Waals surface area contributed by atoms with E-state index in [2.05, 4.69) is 26.3 Å². The van der Waals surface area contributed by atoms with Gasteiger partial charge in [0.25, 0.3) is 5.91 Å². The van der Waals surface area contributed by atoms with Crippen LogP contribution >= 0.6 is 15.9 Å². The Kier molecular flexibility index (Phi) is 7.04. The predicted molar refractivity (Wildman–Crippen MR) is 122 cm³/mol. The first-order chi connectivity index (χ1) is 15.8. The second-order valence-electron chi connectivity index (χ2n) is 7.79. The summed E-state index contributed by atoms with van der Waals surface area (Å²) in [6.45, 7) is 2.07. The van der Waals surface area contributed by atoms with E-state index in [1.54, 1.807) is 36.1 Å². The number of alkyl halides is 1. The van der Waals surface area contributed by atoms with Gasteiger partial charge in [0.1, 0.15) is 30.2 Å². The van der Waals surface area contributed by atoms with E-state index in [-0.39, 0.29) is 5.56 Å². The number of rotatable bonds is 7. The highest BCUT2D eigenvalue weighted by Crippen LogP contribution is 2.37. The number of carbonyl (C=O) groups is 1. The van der Waals surface area contributed by atoms with Crippen molar-refractivity contribution >= 4 is 27.5 Å². The number of benzene rings is 2. The fraction of sp³-hybridized carbons (Fsp3) is 0.304. The Morgan fingerprint density at radius 2 is 2.09 bits per heavy atom. The van der Waals surface area contributed by atoms with Gasteiger partial charge in [-0.2, -0.15) is 5.10 Å². The number of nitrogens with zero attached hydrogens (tertiary/aromatic N) is 3. The van der Waals surface area contributed by atoms with Gasteiger partial charge in [0.05, 0.1) is 21.9 Å². The molecule has 6 nitrogen and oxygen atoms in total. The van der Waals surface area contributed by atoms with Crippen LogP contribution in [0.15, 0.2) is 47.1 Å². The number of hydrogen-bond acceptors (Lipinski definition) is 4. The van der Waals surface area contributed by atoms with Crippen LogP contribution in [0.2, 0.25) is 0 Å². The summed E-state index contributed by atoms with van der Waals surface area (Å²) >= 11 is 3.48. The molecule has 1 amide bonds. The summed E-state index contributed by atoms with van der Waals surface area (Å²) in [6, 6.07) is 7.82. The van der Waals surface area contributed by atoms with Crippen LogP contribution in [-0.2, 0) is 7.05 Å². The molecular weight excluding hydrogens is 501 g/mol. The van der Waals surface area contributed by atoms with Crippen LogP contribution in [0.1, 0.15) is 16.8 Å². The van der Waals surface area contributed by atoms with E-state index in [4.69, 9.17) is 4.74 Å². The molecule has 1 fully saturated rings. The summed E-state index contributed by atoms with van der Waals surface area (Å²) in [5.41, 5.74) is 1.51. The van der Waals surface area contributed by atoms with E-state index in [0.29, 0.717) is 55.7 Å². The molecule has 0 spiro atoms. The lowest BCUT2D eigenvalue weighted by Gasteiger charge is -2.18. The molecule has 1 unspecified atom stereocenters. The molecule has 1 aliphatic heterocycles. The van der Waals surface area contributed by atoms with Crippen molar-refractivity contribution in [3.63, 3.8) is 0 Å². The zero-order chi connectivity index (χ0) is 23.5. The molecule has 1 aliphatic rings. The standard InChI is InChI=1S/C23H22BrF3N4O2/c1-30-22(19(24)12-28-30)18-11-16(29-23(32)17-4-2-14(25)10-20(17)27)3-5-21(18)33-9-8-31-7-6-15(26)13-31/h2-5,10-12,15H,6-9,13H2,1H3,(H,29,32). The summed E-state index contributed by atoms with van der Waals surface area (Å²) in [6.07, 6.45) is 1.39. The molecule has 1 aromatic heterocycles. The Hall–Kier alpha value is -2.85. The summed E-state index contributed by atoms with van der Waals surface area (Å²) in [7, 11) is 1.77. The van der Waals surface area contributed by atoms with E-state index in [9.17, 15) is 18.0 Å². The van der Waals surface area contributed by atoms with Gasteiger partial charge in [0, 0.05) is 44.0 Å². The monoisotopic (exact) mass is 522 g/mol. The Morgan fingerprint density at radius 1 is 1.27 bits per heavy atom. The fourth-order valence-corrected chi connectivity index (χ4v) is 4.34. The number of aromatic nitrogens is 2. The molecule has 0 saturated carbocycles. The third-order valence-corrected chi connectivity index (χ3v) is 6.02. The molecule has 2 heterocycles. The zero-order valence-corrected chi connectivity index (χ0v) is 19.4. The fourth-order valence-electron chi connectivity index (χ4n) is 3.78. The maximum Gasteiger partial charge on any atom is 0.258 e. The lowest BCUT2D eigenvalue weighted by molar-refractivity contribution is 0.102. The number of likely N-dealkylation sites (tertiary alicyclic amines) is 1. The highest BCUT2D eigenvalue weighted by molar-refractivity contribution is 9.10. The number of halogens is 4. The molecule has 1 saturated heterocycles. The lowest BCUT2D eigenvalue weighted by atomic mass is 10.1. The molecule has 2 aromatic carbocycles. The number of carbonyl (C=O) groups excluding carboxylic acids is 1. The molecule has 174 valence electrons. The van der Waals surface area contributed by atoms with E-state index < -0.39 is 23.7 Å². The normalized spacial score (nSPS) is 16.2. The highest BCUT2D eigenvalue weighted by Gasteiger charge is 2.22. The molecule has 3 aromatic rings.